The summed E-state index contributed by atoms with van der Waals surface area (Å²) in [4.78, 5) is 4.20. The quantitative estimate of drug-likeness (QED) is 0.498. The molecule has 1 aliphatic rings. The van der Waals surface area contributed by atoms with Crippen molar-refractivity contribution in [1.82, 2.24) is 14.9 Å². The summed E-state index contributed by atoms with van der Waals surface area (Å²) in [6.07, 6.45) is 0.884. The van der Waals surface area contributed by atoms with E-state index in [2.05, 4.69) is 36.4 Å². The number of hydrogen-bond acceptors (Lipinski definition) is 4. The molecule has 0 radical (unpaired) electrons. The molecule has 1 aliphatic carbocycles. The molecule has 2 N–H and O–H groups in total. The summed E-state index contributed by atoms with van der Waals surface area (Å²) in [6.45, 7) is 11.5. The molecule has 0 aromatic carbocycles. The van der Waals surface area contributed by atoms with Crippen molar-refractivity contribution >= 4 is 16.0 Å². The molecular formula is C16H34N4O3S. The van der Waals surface area contributed by atoms with Gasteiger partial charge in [0.05, 0.1) is 11.4 Å². The normalized spacial score (nSPS) is 27.0. The van der Waals surface area contributed by atoms with E-state index in [1.54, 1.807) is 14.2 Å². The Morgan fingerprint density at radius 1 is 1.29 bits per heavy atom. The molecule has 0 saturated heterocycles. The van der Waals surface area contributed by atoms with Gasteiger partial charge in [0.25, 0.3) is 0 Å². The monoisotopic (exact) mass is 362 g/mol. The van der Waals surface area contributed by atoms with Gasteiger partial charge in [-0.05, 0) is 13.3 Å². The van der Waals surface area contributed by atoms with E-state index in [0.717, 1.165) is 6.42 Å². The lowest BCUT2D eigenvalue weighted by atomic mass is 9.56. The molecule has 142 valence electrons. The molecule has 0 bridgehead atoms. The molecule has 0 aromatic rings. The smallest absolute Gasteiger partial charge is 0.215 e. The lowest BCUT2D eigenvalue weighted by Crippen LogP contribution is -2.69. The van der Waals surface area contributed by atoms with E-state index < -0.39 is 10.0 Å². The fourth-order valence-corrected chi connectivity index (χ4v) is 4.53. The van der Waals surface area contributed by atoms with Crippen LogP contribution in [0, 0.1) is 5.41 Å². The third-order valence-electron chi connectivity index (χ3n) is 5.56. The average molecular weight is 363 g/mol. The summed E-state index contributed by atoms with van der Waals surface area (Å²) in [5.74, 6) is 0.681. The zero-order valence-electron chi connectivity index (χ0n) is 16.1. The molecule has 24 heavy (non-hydrogen) atoms. The van der Waals surface area contributed by atoms with Crippen LogP contribution in [0.15, 0.2) is 4.99 Å². The van der Waals surface area contributed by atoms with Gasteiger partial charge >= 0.3 is 0 Å². The van der Waals surface area contributed by atoms with Gasteiger partial charge in [0.15, 0.2) is 5.96 Å². The highest BCUT2D eigenvalue weighted by molar-refractivity contribution is 7.89. The third-order valence-corrected chi connectivity index (χ3v) is 7.59. The van der Waals surface area contributed by atoms with E-state index in [9.17, 15) is 8.42 Å². The van der Waals surface area contributed by atoms with Crippen molar-refractivity contribution < 1.29 is 13.2 Å². The van der Waals surface area contributed by atoms with Crippen LogP contribution in [0.25, 0.3) is 0 Å². The predicted molar refractivity (Wildman–Crippen MR) is 98.8 cm³/mol. The van der Waals surface area contributed by atoms with Crippen molar-refractivity contribution in [3.05, 3.63) is 0 Å². The Kier molecular flexibility index (Phi) is 7.07. The number of guanidine groups is 1. The number of aliphatic imine (C=N–C) groups is 1. The second-order valence-electron chi connectivity index (χ2n) is 6.96. The second kappa shape index (κ2) is 8.01. The SMILES string of the molecule is CCN(CC)S(=O)(=O)CCNC(=NC)NC1CC(C)(OC)C1(C)C. The molecule has 2 atom stereocenters. The summed E-state index contributed by atoms with van der Waals surface area (Å²) in [5.41, 5.74) is -0.192. The molecule has 0 amide bonds. The molecule has 0 aliphatic heterocycles. The number of nitrogens with zero attached hydrogens (tertiary/aromatic N) is 2. The maximum atomic E-state index is 12.2. The zero-order chi connectivity index (χ0) is 18.6. The fourth-order valence-electron chi connectivity index (χ4n) is 3.13. The van der Waals surface area contributed by atoms with Crippen LogP contribution >= 0.6 is 0 Å². The van der Waals surface area contributed by atoms with Gasteiger partial charge in [-0.15, -0.1) is 0 Å². The van der Waals surface area contributed by atoms with Crippen molar-refractivity contribution in [2.24, 2.45) is 10.4 Å². The van der Waals surface area contributed by atoms with Gasteiger partial charge in [-0.2, -0.15) is 0 Å². The average Bonchev–Trinajstić information content (AvgIpc) is 2.53. The van der Waals surface area contributed by atoms with E-state index in [0.29, 0.717) is 25.6 Å². The first-order chi connectivity index (χ1) is 11.1. The van der Waals surface area contributed by atoms with Crippen LogP contribution < -0.4 is 10.6 Å². The Morgan fingerprint density at radius 2 is 1.88 bits per heavy atom. The number of nitrogens with one attached hydrogen (secondary N) is 2. The largest absolute Gasteiger partial charge is 0.378 e. The molecule has 1 fully saturated rings. The predicted octanol–water partition coefficient (Wildman–Crippen LogP) is 1.03. The summed E-state index contributed by atoms with van der Waals surface area (Å²) in [5, 5.41) is 6.48. The Hall–Kier alpha value is -0.860. The van der Waals surface area contributed by atoms with E-state index in [1.807, 2.05) is 13.8 Å². The van der Waals surface area contributed by atoms with Gasteiger partial charge in [0.1, 0.15) is 0 Å². The van der Waals surface area contributed by atoms with Crippen molar-refractivity contribution in [2.75, 3.05) is 39.5 Å². The number of methoxy groups -OCH3 is 1. The summed E-state index contributed by atoms with van der Waals surface area (Å²) in [6, 6.07) is 0.230. The molecule has 1 rings (SSSR count). The first-order valence-electron chi connectivity index (χ1n) is 8.58. The standard InChI is InChI=1S/C16H34N4O3S/c1-8-20(9-2)24(21,22)11-10-18-14(17-6)19-13-12-16(5,23-7)15(13,3)4/h13H,8-12H2,1-7H3,(H2,17,18,19). The Bertz CT molecular complexity index is 544. The molecule has 0 spiro atoms. The lowest BCUT2D eigenvalue weighted by Gasteiger charge is -2.59. The van der Waals surface area contributed by atoms with Crippen LogP contribution in [-0.4, -0.2) is 69.9 Å². The Labute approximate surface area is 147 Å². The number of hydrogen-bond donors (Lipinski definition) is 2. The maximum Gasteiger partial charge on any atom is 0.215 e. The minimum atomic E-state index is -3.22. The third kappa shape index (κ3) is 4.21. The van der Waals surface area contributed by atoms with E-state index in [4.69, 9.17) is 4.74 Å². The van der Waals surface area contributed by atoms with Gasteiger partial charge in [0.2, 0.25) is 10.0 Å². The molecular weight excluding hydrogens is 328 g/mol. The molecule has 2 unspecified atom stereocenters. The second-order valence-corrected chi connectivity index (χ2v) is 9.05. The van der Waals surface area contributed by atoms with Gasteiger partial charge in [0, 0.05) is 45.2 Å². The minimum absolute atomic E-state index is 0.0351. The van der Waals surface area contributed by atoms with Crippen molar-refractivity contribution in [2.45, 2.75) is 52.7 Å². The van der Waals surface area contributed by atoms with Gasteiger partial charge in [-0.25, -0.2) is 12.7 Å². The fraction of sp³-hybridized carbons (Fsp3) is 0.938. The van der Waals surface area contributed by atoms with Gasteiger partial charge in [-0.3, -0.25) is 4.99 Å². The lowest BCUT2D eigenvalue weighted by molar-refractivity contribution is -0.176. The summed E-state index contributed by atoms with van der Waals surface area (Å²) < 4.78 is 31.5. The van der Waals surface area contributed by atoms with Gasteiger partial charge < -0.3 is 15.4 Å². The Morgan fingerprint density at radius 3 is 2.29 bits per heavy atom. The highest BCUT2D eigenvalue weighted by Crippen LogP contribution is 2.51. The highest BCUT2D eigenvalue weighted by atomic mass is 32.2. The van der Waals surface area contributed by atoms with Crippen molar-refractivity contribution in [3.8, 4) is 0 Å². The maximum absolute atomic E-state index is 12.2. The van der Waals surface area contributed by atoms with Crippen molar-refractivity contribution in [1.29, 1.82) is 0 Å². The van der Waals surface area contributed by atoms with Crippen molar-refractivity contribution in [3.63, 3.8) is 0 Å². The number of sulfonamides is 1. The number of ether oxygens (including phenoxy) is 1. The zero-order valence-corrected chi connectivity index (χ0v) is 17.0. The number of rotatable bonds is 8. The summed E-state index contributed by atoms with van der Waals surface area (Å²) in [7, 11) is 0.205. The van der Waals surface area contributed by atoms with E-state index in [1.165, 1.54) is 4.31 Å². The molecule has 7 nitrogen and oxygen atoms in total. The van der Waals surface area contributed by atoms with E-state index in [-0.39, 0.29) is 22.8 Å². The summed E-state index contributed by atoms with van der Waals surface area (Å²) >= 11 is 0. The van der Waals surface area contributed by atoms with Crippen LogP contribution in [0.4, 0.5) is 0 Å². The molecule has 0 aromatic heterocycles. The Balaban J connectivity index is 2.54. The molecule has 1 saturated carbocycles. The van der Waals surface area contributed by atoms with Crippen LogP contribution in [0.2, 0.25) is 0 Å². The highest BCUT2D eigenvalue weighted by Gasteiger charge is 2.58. The van der Waals surface area contributed by atoms with Gasteiger partial charge in [-0.1, -0.05) is 27.7 Å². The first-order valence-corrected chi connectivity index (χ1v) is 10.2. The van der Waals surface area contributed by atoms with Crippen LogP contribution in [0.1, 0.15) is 41.0 Å². The topological polar surface area (TPSA) is 83.0 Å². The minimum Gasteiger partial charge on any atom is -0.378 e. The molecule has 8 heteroatoms. The molecule has 0 heterocycles. The first kappa shape index (κ1) is 21.2. The van der Waals surface area contributed by atoms with Crippen LogP contribution in [0.3, 0.4) is 0 Å². The van der Waals surface area contributed by atoms with Crippen LogP contribution in [-0.2, 0) is 14.8 Å². The van der Waals surface area contributed by atoms with E-state index >= 15 is 0 Å². The van der Waals surface area contributed by atoms with Crippen LogP contribution in [0.5, 0.6) is 0 Å².